The van der Waals surface area contributed by atoms with Crippen molar-refractivity contribution < 1.29 is 5.11 Å². The Bertz CT molecular complexity index is 435. The Morgan fingerprint density at radius 1 is 1.56 bits per heavy atom. The Kier molecular flexibility index (Phi) is 4.15. The molecule has 100 valence electrons. The van der Waals surface area contributed by atoms with E-state index in [-0.39, 0.29) is 5.41 Å². The van der Waals surface area contributed by atoms with Crippen molar-refractivity contribution in [1.82, 2.24) is 0 Å². The highest BCUT2D eigenvalue weighted by Gasteiger charge is 2.42. The van der Waals surface area contributed by atoms with Crippen LogP contribution >= 0.6 is 15.9 Å². The van der Waals surface area contributed by atoms with Crippen LogP contribution in [-0.4, -0.2) is 11.7 Å². The molecule has 3 N–H and O–H groups in total. The van der Waals surface area contributed by atoms with Crippen LogP contribution < -0.4 is 5.73 Å². The molecule has 3 unspecified atom stereocenters. The number of nitrogens with two attached hydrogens (primary N) is 1. The largest absolute Gasteiger partial charge is 0.388 e. The summed E-state index contributed by atoms with van der Waals surface area (Å²) >= 11 is 3.50. The smallest absolute Gasteiger partial charge is 0.0858 e. The van der Waals surface area contributed by atoms with Crippen LogP contribution in [0.15, 0.2) is 22.7 Å². The topological polar surface area (TPSA) is 46.2 Å². The SMILES string of the molecule is Cc1cc(C(O)C2(CN)CCC(C)C2)ccc1Br. The molecule has 2 nitrogen and oxygen atoms in total. The summed E-state index contributed by atoms with van der Waals surface area (Å²) in [5.74, 6) is 0.666. The van der Waals surface area contributed by atoms with Crippen LogP contribution in [0.3, 0.4) is 0 Å². The third-order valence-corrected chi connectivity index (χ3v) is 5.26. The molecule has 1 saturated carbocycles. The zero-order chi connectivity index (χ0) is 13.3. The summed E-state index contributed by atoms with van der Waals surface area (Å²) < 4.78 is 1.08. The Morgan fingerprint density at radius 2 is 2.28 bits per heavy atom. The van der Waals surface area contributed by atoms with Gasteiger partial charge < -0.3 is 10.8 Å². The first-order valence-electron chi connectivity index (χ1n) is 6.63. The molecule has 0 aliphatic heterocycles. The third-order valence-electron chi connectivity index (χ3n) is 4.37. The number of aliphatic hydroxyl groups is 1. The molecule has 0 radical (unpaired) electrons. The van der Waals surface area contributed by atoms with Crippen LogP contribution in [0.4, 0.5) is 0 Å². The number of aryl methyl sites for hydroxylation is 1. The molecule has 1 aliphatic rings. The molecule has 3 heteroatoms. The van der Waals surface area contributed by atoms with E-state index in [9.17, 15) is 5.11 Å². The fourth-order valence-electron chi connectivity index (χ4n) is 3.17. The molecular weight excluding hydrogens is 290 g/mol. The van der Waals surface area contributed by atoms with Crippen molar-refractivity contribution in [3.63, 3.8) is 0 Å². The van der Waals surface area contributed by atoms with E-state index in [0.29, 0.717) is 12.5 Å². The minimum Gasteiger partial charge on any atom is -0.388 e. The minimum atomic E-state index is -0.445. The molecule has 0 bridgehead atoms. The summed E-state index contributed by atoms with van der Waals surface area (Å²) in [6.45, 7) is 4.86. The Balaban J connectivity index is 2.29. The van der Waals surface area contributed by atoms with Crippen LogP contribution in [-0.2, 0) is 0 Å². The van der Waals surface area contributed by atoms with Crippen molar-refractivity contribution in [1.29, 1.82) is 0 Å². The summed E-state index contributed by atoms with van der Waals surface area (Å²) in [6, 6.07) is 6.08. The van der Waals surface area contributed by atoms with Crippen LogP contribution in [0.2, 0.25) is 0 Å². The molecule has 0 heterocycles. The van der Waals surface area contributed by atoms with Gasteiger partial charge in [0.25, 0.3) is 0 Å². The maximum absolute atomic E-state index is 10.7. The number of halogens is 1. The van der Waals surface area contributed by atoms with Gasteiger partial charge in [-0.25, -0.2) is 0 Å². The predicted molar refractivity (Wildman–Crippen MR) is 78.3 cm³/mol. The molecular formula is C15H22BrNO. The zero-order valence-corrected chi connectivity index (χ0v) is 12.7. The second-order valence-electron chi connectivity index (χ2n) is 5.83. The average molecular weight is 312 g/mol. The molecule has 3 atom stereocenters. The van der Waals surface area contributed by atoms with Crippen molar-refractivity contribution in [2.45, 2.75) is 39.2 Å². The van der Waals surface area contributed by atoms with Crippen molar-refractivity contribution in [3.8, 4) is 0 Å². The van der Waals surface area contributed by atoms with Gasteiger partial charge in [0.1, 0.15) is 0 Å². The summed E-state index contributed by atoms with van der Waals surface area (Å²) in [7, 11) is 0. The zero-order valence-electron chi connectivity index (χ0n) is 11.1. The molecule has 0 amide bonds. The van der Waals surface area contributed by atoms with Gasteiger partial charge >= 0.3 is 0 Å². The van der Waals surface area contributed by atoms with E-state index in [0.717, 1.165) is 28.4 Å². The quantitative estimate of drug-likeness (QED) is 0.896. The van der Waals surface area contributed by atoms with Crippen LogP contribution in [0.5, 0.6) is 0 Å². The number of hydrogen-bond acceptors (Lipinski definition) is 2. The lowest BCUT2D eigenvalue weighted by molar-refractivity contribution is 0.0307. The number of benzene rings is 1. The molecule has 1 aliphatic carbocycles. The third kappa shape index (κ3) is 2.49. The molecule has 0 spiro atoms. The van der Waals surface area contributed by atoms with Gasteiger partial charge in [0.15, 0.2) is 0 Å². The van der Waals surface area contributed by atoms with E-state index in [2.05, 4.69) is 28.9 Å². The number of rotatable bonds is 3. The predicted octanol–water partition coefficient (Wildman–Crippen LogP) is 3.56. The van der Waals surface area contributed by atoms with Crippen LogP contribution in [0, 0.1) is 18.3 Å². The average Bonchev–Trinajstić information content (AvgIpc) is 2.75. The Hall–Kier alpha value is -0.380. The first kappa shape index (κ1) is 14.0. The molecule has 0 aromatic heterocycles. The second kappa shape index (κ2) is 5.32. The van der Waals surface area contributed by atoms with Gasteiger partial charge in [-0.05, 0) is 42.9 Å². The van der Waals surface area contributed by atoms with Crippen molar-refractivity contribution in [3.05, 3.63) is 33.8 Å². The van der Waals surface area contributed by atoms with E-state index in [4.69, 9.17) is 5.73 Å². The highest BCUT2D eigenvalue weighted by molar-refractivity contribution is 9.10. The highest BCUT2D eigenvalue weighted by atomic mass is 79.9. The minimum absolute atomic E-state index is 0.125. The molecule has 18 heavy (non-hydrogen) atoms. The van der Waals surface area contributed by atoms with Crippen molar-refractivity contribution >= 4 is 15.9 Å². The van der Waals surface area contributed by atoms with E-state index < -0.39 is 6.10 Å². The van der Waals surface area contributed by atoms with E-state index >= 15 is 0 Å². The first-order chi connectivity index (χ1) is 8.48. The standard InChI is InChI=1S/C15H22BrNO/c1-10-5-6-15(8-10,9-17)14(18)12-3-4-13(16)11(2)7-12/h3-4,7,10,14,18H,5-6,8-9,17H2,1-2H3. The van der Waals surface area contributed by atoms with Crippen LogP contribution in [0.1, 0.15) is 43.4 Å². The van der Waals surface area contributed by atoms with Gasteiger partial charge in [0, 0.05) is 16.4 Å². The maximum Gasteiger partial charge on any atom is 0.0858 e. The van der Waals surface area contributed by atoms with Gasteiger partial charge in [0.2, 0.25) is 0 Å². The van der Waals surface area contributed by atoms with Crippen LogP contribution in [0.25, 0.3) is 0 Å². The summed E-state index contributed by atoms with van der Waals surface area (Å²) in [5.41, 5.74) is 8.00. The molecule has 1 aromatic carbocycles. The highest BCUT2D eigenvalue weighted by Crippen LogP contribution is 2.49. The monoisotopic (exact) mass is 311 g/mol. The van der Waals surface area contributed by atoms with Gasteiger partial charge in [0.05, 0.1) is 6.10 Å². The van der Waals surface area contributed by atoms with Gasteiger partial charge in [-0.15, -0.1) is 0 Å². The lowest BCUT2D eigenvalue weighted by Gasteiger charge is -2.33. The Morgan fingerprint density at radius 3 is 2.78 bits per heavy atom. The molecule has 1 fully saturated rings. The lowest BCUT2D eigenvalue weighted by Crippen LogP contribution is -2.34. The van der Waals surface area contributed by atoms with E-state index in [1.165, 1.54) is 6.42 Å². The maximum atomic E-state index is 10.7. The second-order valence-corrected chi connectivity index (χ2v) is 6.68. The lowest BCUT2D eigenvalue weighted by atomic mass is 9.76. The van der Waals surface area contributed by atoms with Gasteiger partial charge in [-0.3, -0.25) is 0 Å². The van der Waals surface area contributed by atoms with E-state index in [1.807, 2.05) is 19.1 Å². The molecule has 0 saturated heterocycles. The number of hydrogen-bond donors (Lipinski definition) is 2. The summed E-state index contributed by atoms with van der Waals surface area (Å²) in [5, 5.41) is 10.7. The van der Waals surface area contributed by atoms with Crippen molar-refractivity contribution in [2.75, 3.05) is 6.54 Å². The van der Waals surface area contributed by atoms with E-state index in [1.54, 1.807) is 0 Å². The normalized spacial score (nSPS) is 29.5. The summed E-state index contributed by atoms with van der Waals surface area (Å²) in [4.78, 5) is 0. The fraction of sp³-hybridized carbons (Fsp3) is 0.600. The first-order valence-corrected chi connectivity index (χ1v) is 7.42. The molecule has 2 rings (SSSR count). The fourth-order valence-corrected chi connectivity index (χ4v) is 3.42. The summed E-state index contributed by atoms with van der Waals surface area (Å²) in [6.07, 6.45) is 2.78. The Labute approximate surface area is 118 Å². The van der Waals surface area contributed by atoms with Crippen molar-refractivity contribution in [2.24, 2.45) is 17.1 Å². The van der Waals surface area contributed by atoms with Gasteiger partial charge in [-0.1, -0.05) is 41.4 Å². The number of aliphatic hydroxyl groups excluding tert-OH is 1. The van der Waals surface area contributed by atoms with Gasteiger partial charge in [-0.2, -0.15) is 0 Å². The molecule has 1 aromatic rings.